The Bertz CT molecular complexity index is 1390. The lowest BCUT2D eigenvalue weighted by Gasteiger charge is -2.33. The van der Waals surface area contributed by atoms with E-state index in [9.17, 15) is 14.0 Å². The lowest BCUT2D eigenvalue weighted by atomic mass is 10.0. The van der Waals surface area contributed by atoms with Gasteiger partial charge in [-0.1, -0.05) is 12.1 Å². The highest BCUT2D eigenvalue weighted by atomic mass is 19.1. The van der Waals surface area contributed by atoms with Crippen molar-refractivity contribution in [3.05, 3.63) is 83.6 Å². The number of amides is 2. The largest absolute Gasteiger partial charge is 0.467 e. The first-order valence-electron chi connectivity index (χ1n) is 11.8. The first kappa shape index (κ1) is 25.7. The van der Waals surface area contributed by atoms with Crippen molar-refractivity contribution in [2.45, 2.75) is 52.7 Å². The van der Waals surface area contributed by atoms with Crippen molar-refractivity contribution >= 4 is 17.5 Å². The van der Waals surface area contributed by atoms with Gasteiger partial charge in [0.2, 0.25) is 5.82 Å². The summed E-state index contributed by atoms with van der Waals surface area (Å²) in [5.74, 6) is -0.654. The third-order valence-corrected chi connectivity index (χ3v) is 5.54. The van der Waals surface area contributed by atoms with Gasteiger partial charge in [-0.25, -0.2) is 4.39 Å². The van der Waals surface area contributed by atoms with E-state index in [4.69, 9.17) is 4.42 Å². The van der Waals surface area contributed by atoms with Gasteiger partial charge in [0.15, 0.2) is 6.04 Å². The van der Waals surface area contributed by atoms with Crippen LogP contribution in [0.4, 0.5) is 10.1 Å². The molecule has 1 N–H and O–H groups in total. The Morgan fingerprint density at radius 2 is 1.84 bits per heavy atom. The van der Waals surface area contributed by atoms with Crippen LogP contribution in [0.1, 0.15) is 43.7 Å². The standard InChI is InChI=1S/C27H29FN6O3/c1-17-8-9-18(2)21(15-17)34(24(22-7-6-14-37-22)26(36)29-27(3,4)5)23(35)16-33-31-25(30-32-33)19-10-12-20(28)13-11-19/h6-15,24H,16H2,1-5H3,(H,29,36)/t24-/m0/s1. The Morgan fingerprint density at radius 1 is 1.11 bits per heavy atom. The van der Waals surface area contributed by atoms with Crippen LogP contribution in [-0.2, 0) is 16.1 Å². The maximum Gasteiger partial charge on any atom is 0.251 e. The summed E-state index contributed by atoms with van der Waals surface area (Å²) in [7, 11) is 0. The molecule has 192 valence electrons. The average molecular weight is 505 g/mol. The van der Waals surface area contributed by atoms with E-state index in [2.05, 4.69) is 20.7 Å². The first-order valence-corrected chi connectivity index (χ1v) is 11.8. The van der Waals surface area contributed by atoms with Crippen LogP contribution in [0.25, 0.3) is 11.4 Å². The molecule has 0 aliphatic carbocycles. The second-order valence-corrected chi connectivity index (χ2v) is 9.86. The van der Waals surface area contributed by atoms with Gasteiger partial charge in [0.1, 0.15) is 18.1 Å². The molecule has 0 unspecified atom stereocenters. The average Bonchev–Trinajstić information content (AvgIpc) is 3.51. The Kier molecular flexibility index (Phi) is 7.19. The van der Waals surface area contributed by atoms with Gasteiger partial charge >= 0.3 is 0 Å². The number of carbonyl (C=O) groups excluding carboxylic acids is 2. The summed E-state index contributed by atoms with van der Waals surface area (Å²) in [5, 5.41) is 15.3. The third kappa shape index (κ3) is 6.08. The zero-order valence-corrected chi connectivity index (χ0v) is 21.4. The monoisotopic (exact) mass is 504 g/mol. The number of carbonyl (C=O) groups is 2. The zero-order chi connectivity index (χ0) is 26.7. The number of rotatable bonds is 7. The van der Waals surface area contributed by atoms with Crippen LogP contribution in [0.3, 0.4) is 0 Å². The fourth-order valence-corrected chi connectivity index (χ4v) is 3.88. The summed E-state index contributed by atoms with van der Waals surface area (Å²) < 4.78 is 18.9. The third-order valence-electron chi connectivity index (χ3n) is 5.54. The first-order chi connectivity index (χ1) is 17.5. The smallest absolute Gasteiger partial charge is 0.251 e. The molecule has 9 nitrogen and oxygen atoms in total. The Hall–Kier alpha value is -4.34. The zero-order valence-electron chi connectivity index (χ0n) is 21.4. The van der Waals surface area contributed by atoms with Crippen molar-refractivity contribution < 1.29 is 18.4 Å². The molecule has 0 radical (unpaired) electrons. The Balaban J connectivity index is 1.74. The number of hydrogen-bond donors (Lipinski definition) is 1. The van der Waals surface area contributed by atoms with E-state index in [0.717, 1.165) is 15.9 Å². The van der Waals surface area contributed by atoms with Crippen molar-refractivity contribution in [1.82, 2.24) is 25.5 Å². The second-order valence-electron chi connectivity index (χ2n) is 9.86. The van der Waals surface area contributed by atoms with E-state index >= 15 is 0 Å². The van der Waals surface area contributed by atoms with Crippen molar-refractivity contribution in [3.8, 4) is 11.4 Å². The number of halogens is 1. The highest BCUT2D eigenvalue weighted by Gasteiger charge is 2.37. The van der Waals surface area contributed by atoms with Gasteiger partial charge in [-0.2, -0.15) is 4.80 Å². The van der Waals surface area contributed by atoms with Crippen LogP contribution in [0, 0.1) is 19.7 Å². The van der Waals surface area contributed by atoms with Gasteiger partial charge in [0.25, 0.3) is 11.8 Å². The Labute approximate surface area is 214 Å². The van der Waals surface area contributed by atoms with Crippen LogP contribution in [0.15, 0.2) is 65.3 Å². The maximum absolute atomic E-state index is 13.9. The Morgan fingerprint density at radius 3 is 2.49 bits per heavy atom. The van der Waals surface area contributed by atoms with E-state index in [1.54, 1.807) is 12.1 Å². The normalized spacial score (nSPS) is 12.3. The number of anilines is 1. The predicted molar refractivity (Wildman–Crippen MR) is 136 cm³/mol. The molecular weight excluding hydrogens is 475 g/mol. The fraction of sp³-hybridized carbons (Fsp3) is 0.296. The predicted octanol–water partition coefficient (Wildman–Crippen LogP) is 4.38. The molecule has 2 heterocycles. The van der Waals surface area contributed by atoms with Crippen LogP contribution < -0.4 is 10.2 Å². The molecule has 4 rings (SSSR count). The minimum atomic E-state index is -1.08. The fourth-order valence-electron chi connectivity index (χ4n) is 3.88. The number of nitrogens with one attached hydrogen (secondary N) is 1. The summed E-state index contributed by atoms with van der Waals surface area (Å²) >= 11 is 0. The lowest BCUT2D eigenvalue weighted by Crippen LogP contribution is -2.50. The number of hydrogen-bond acceptors (Lipinski definition) is 6. The van der Waals surface area contributed by atoms with Gasteiger partial charge in [-0.05, 0) is 93.4 Å². The van der Waals surface area contributed by atoms with Crippen molar-refractivity contribution in [1.29, 1.82) is 0 Å². The number of aryl methyl sites for hydroxylation is 2. The SMILES string of the molecule is Cc1ccc(C)c(N(C(=O)Cn2nnc(-c3ccc(F)cc3)n2)[C@H](C(=O)NC(C)(C)C)c2ccco2)c1. The number of furan rings is 1. The summed E-state index contributed by atoms with van der Waals surface area (Å²) in [5.41, 5.74) is 2.30. The lowest BCUT2D eigenvalue weighted by molar-refractivity contribution is -0.128. The summed E-state index contributed by atoms with van der Waals surface area (Å²) in [4.78, 5) is 30.1. The quantitative estimate of drug-likeness (QED) is 0.400. The van der Waals surface area contributed by atoms with Gasteiger partial charge in [-0.15, -0.1) is 10.2 Å². The van der Waals surface area contributed by atoms with Crippen LogP contribution in [0.2, 0.25) is 0 Å². The number of tetrazole rings is 1. The van der Waals surface area contributed by atoms with Gasteiger partial charge in [0.05, 0.1) is 6.26 Å². The molecule has 0 saturated heterocycles. The van der Waals surface area contributed by atoms with Crippen LogP contribution >= 0.6 is 0 Å². The minimum absolute atomic E-state index is 0.249. The molecule has 0 saturated carbocycles. The molecule has 37 heavy (non-hydrogen) atoms. The molecule has 2 aromatic heterocycles. The van der Waals surface area contributed by atoms with Gasteiger partial charge < -0.3 is 9.73 Å². The topological polar surface area (TPSA) is 106 Å². The van der Waals surface area contributed by atoms with E-state index in [1.165, 1.54) is 35.4 Å². The number of nitrogens with zero attached hydrogens (tertiary/aromatic N) is 5. The molecule has 0 spiro atoms. The summed E-state index contributed by atoms with van der Waals surface area (Å²) in [6.45, 7) is 9.09. The van der Waals surface area contributed by atoms with Gasteiger partial charge in [-0.3, -0.25) is 14.5 Å². The molecule has 0 bridgehead atoms. The van der Waals surface area contributed by atoms with E-state index in [-0.39, 0.29) is 18.2 Å². The minimum Gasteiger partial charge on any atom is -0.467 e. The highest BCUT2D eigenvalue weighted by Crippen LogP contribution is 2.32. The van der Waals surface area contributed by atoms with Crippen molar-refractivity contribution in [2.24, 2.45) is 0 Å². The molecule has 2 amide bonds. The molecule has 2 aromatic carbocycles. The molecule has 4 aromatic rings. The molecule has 10 heteroatoms. The van der Waals surface area contributed by atoms with Crippen molar-refractivity contribution in [3.63, 3.8) is 0 Å². The molecule has 0 aliphatic heterocycles. The molecular formula is C27H29FN6O3. The summed E-state index contributed by atoms with van der Waals surface area (Å²) in [6.07, 6.45) is 1.46. The van der Waals surface area contributed by atoms with Crippen molar-refractivity contribution in [2.75, 3.05) is 4.90 Å². The molecule has 1 atom stereocenters. The van der Waals surface area contributed by atoms with E-state index in [1.807, 2.05) is 52.8 Å². The maximum atomic E-state index is 13.9. The van der Waals surface area contributed by atoms with Crippen LogP contribution in [0.5, 0.6) is 0 Å². The van der Waals surface area contributed by atoms with Crippen LogP contribution in [-0.4, -0.2) is 37.6 Å². The summed E-state index contributed by atoms with van der Waals surface area (Å²) in [6, 6.07) is 13.6. The number of benzene rings is 2. The van der Waals surface area contributed by atoms with Gasteiger partial charge in [0, 0.05) is 16.8 Å². The van der Waals surface area contributed by atoms with E-state index < -0.39 is 23.4 Å². The van der Waals surface area contributed by atoms with E-state index in [0.29, 0.717) is 17.0 Å². The second kappa shape index (κ2) is 10.3. The number of aromatic nitrogens is 4. The molecule has 0 fully saturated rings. The highest BCUT2D eigenvalue weighted by molar-refractivity contribution is 6.01. The molecule has 0 aliphatic rings.